The number of thioether (sulfide) groups is 1. The SMILES string of the molecule is Cc1ccc(-n2cnnc2SCC(=O)Nc2ccc(NC(C)c3ccccc3)cc2)cc1Cl. The number of nitrogens with zero attached hydrogens (tertiary/aromatic N) is 3. The quantitative estimate of drug-likeness (QED) is 0.298. The Morgan fingerprint density at radius 2 is 1.79 bits per heavy atom. The average Bonchev–Trinajstić information content (AvgIpc) is 3.30. The molecule has 0 aliphatic heterocycles. The Labute approximate surface area is 202 Å². The number of carbonyl (C=O) groups excluding carboxylic acids is 1. The molecule has 2 N–H and O–H groups in total. The van der Waals surface area contributed by atoms with E-state index in [1.54, 1.807) is 6.33 Å². The number of anilines is 2. The number of hydrogen-bond donors (Lipinski definition) is 2. The van der Waals surface area contributed by atoms with Crippen molar-refractivity contribution in [3.63, 3.8) is 0 Å². The van der Waals surface area contributed by atoms with Gasteiger partial charge >= 0.3 is 0 Å². The predicted molar refractivity (Wildman–Crippen MR) is 135 cm³/mol. The van der Waals surface area contributed by atoms with E-state index in [0.717, 1.165) is 22.6 Å². The molecule has 33 heavy (non-hydrogen) atoms. The van der Waals surface area contributed by atoms with Crippen LogP contribution in [0.3, 0.4) is 0 Å². The summed E-state index contributed by atoms with van der Waals surface area (Å²) in [6.45, 7) is 4.07. The zero-order valence-corrected chi connectivity index (χ0v) is 19.9. The van der Waals surface area contributed by atoms with Crippen molar-refractivity contribution in [1.29, 1.82) is 0 Å². The van der Waals surface area contributed by atoms with Crippen molar-refractivity contribution >= 4 is 40.6 Å². The molecule has 0 saturated heterocycles. The molecule has 4 aromatic rings. The molecule has 0 fully saturated rings. The van der Waals surface area contributed by atoms with Crippen molar-refractivity contribution in [3.8, 4) is 5.69 Å². The van der Waals surface area contributed by atoms with Crippen LogP contribution in [0.25, 0.3) is 5.69 Å². The second-order valence-corrected chi connectivity index (χ2v) is 8.96. The standard InChI is InChI=1S/C25H24ClN5OS/c1-17-8-13-22(14-23(17)26)31-16-27-30-25(31)33-15-24(32)29-21-11-9-20(10-12-21)28-18(2)19-6-4-3-5-7-19/h3-14,16,18,28H,15H2,1-2H3,(H,29,32). The van der Waals surface area contributed by atoms with Gasteiger partial charge in [0.1, 0.15) is 6.33 Å². The minimum atomic E-state index is -0.116. The number of amides is 1. The van der Waals surface area contributed by atoms with Crippen LogP contribution in [-0.2, 0) is 4.79 Å². The van der Waals surface area contributed by atoms with Crippen molar-refractivity contribution < 1.29 is 4.79 Å². The van der Waals surface area contributed by atoms with E-state index >= 15 is 0 Å². The van der Waals surface area contributed by atoms with E-state index in [1.807, 2.05) is 72.2 Å². The lowest BCUT2D eigenvalue weighted by molar-refractivity contribution is -0.113. The van der Waals surface area contributed by atoms with Gasteiger partial charge in [-0.15, -0.1) is 10.2 Å². The molecule has 1 aromatic heterocycles. The second-order valence-electron chi connectivity index (χ2n) is 7.61. The molecular weight excluding hydrogens is 454 g/mol. The van der Waals surface area contributed by atoms with Gasteiger partial charge in [-0.3, -0.25) is 9.36 Å². The molecule has 1 unspecified atom stereocenters. The summed E-state index contributed by atoms with van der Waals surface area (Å²) in [6, 6.07) is 23.9. The van der Waals surface area contributed by atoms with E-state index < -0.39 is 0 Å². The van der Waals surface area contributed by atoms with Gasteiger partial charge in [0.15, 0.2) is 5.16 Å². The number of carbonyl (C=O) groups is 1. The van der Waals surface area contributed by atoms with Gasteiger partial charge < -0.3 is 10.6 Å². The van der Waals surface area contributed by atoms with E-state index in [-0.39, 0.29) is 17.7 Å². The number of hydrogen-bond acceptors (Lipinski definition) is 5. The third-order valence-electron chi connectivity index (χ3n) is 5.13. The Balaban J connectivity index is 1.32. The lowest BCUT2D eigenvalue weighted by atomic mass is 10.1. The van der Waals surface area contributed by atoms with Crippen LogP contribution in [0.2, 0.25) is 5.02 Å². The van der Waals surface area contributed by atoms with Crippen LogP contribution in [0, 0.1) is 6.92 Å². The Morgan fingerprint density at radius 1 is 1.06 bits per heavy atom. The van der Waals surface area contributed by atoms with Crippen LogP contribution in [0.15, 0.2) is 84.3 Å². The maximum atomic E-state index is 12.5. The third-order valence-corrected chi connectivity index (χ3v) is 6.48. The Morgan fingerprint density at radius 3 is 2.52 bits per heavy atom. The zero-order valence-electron chi connectivity index (χ0n) is 18.3. The summed E-state index contributed by atoms with van der Waals surface area (Å²) in [7, 11) is 0. The minimum Gasteiger partial charge on any atom is -0.379 e. The molecule has 0 spiro atoms. The van der Waals surface area contributed by atoms with E-state index in [4.69, 9.17) is 11.6 Å². The summed E-state index contributed by atoms with van der Waals surface area (Å²) < 4.78 is 1.82. The van der Waals surface area contributed by atoms with Crippen LogP contribution in [0.4, 0.5) is 11.4 Å². The van der Waals surface area contributed by atoms with Crippen LogP contribution in [-0.4, -0.2) is 26.4 Å². The number of benzene rings is 3. The highest BCUT2D eigenvalue weighted by Gasteiger charge is 2.12. The van der Waals surface area contributed by atoms with Crippen molar-refractivity contribution in [3.05, 3.63) is 95.3 Å². The first kappa shape index (κ1) is 22.9. The van der Waals surface area contributed by atoms with Crippen LogP contribution < -0.4 is 10.6 Å². The van der Waals surface area contributed by atoms with E-state index in [0.29, 0.717) is 10.2 Å². The molecule has 0 aliphatic rings. The van der Waals surface area contributed by atoms with Gasteiger partial charge in [0.25, 0.3) is 0 Å². The first-order valence-electron chi connectivity index (χ1n) is 10.5. The molecule has 1 heterocycles. The van der Waals surface area contributed by atoms with Crippen molar-refractivity contribution in [2.24, 2.45) is 0 Å². The lowest BCUT2D eigenvalue weighted by Crippen LogP contribution is -2.14. The fourth-order valence-electron chi connectivity index (χ4n) is 3.28. The molecule has 0 aliphatic carbocycles. The Hall–Kier alpha value is -3.29. The number of aromatic nitrogens is 3. The maximum Gasteiger partial charge on any atom is 0.234 e. The summed E-state index contributed by atoms with van der Waals surface area (Å²) in [5.74, 6) is 0.0958. The van der Waals surface area contributed by atoms with Crippen LogP contribution >= 0.6 is 23.4 Å². The Bertz CT molecular complexity index is 1230. The van der Waals surface area contributed by atoms with E-state index in [2.05, 4.69) is 39.9 Å². The van der Waals surface area contributed by atoms with Gasteiger partial charge in [-0.2, -0.15) is 0 Å². The molecule has 8 heteroatoms. The molecule has 3 aromatic carbocycles. The Kier molecular flexibility index (Phi) is 7.32. The monoisotopic (exact) mass is 477 g/mol. The average molecular weight is 478 g/mol. The largest absolute Gasteiger partial charge is 0.379 e. The minimum absolute atomic E-state index is 0.116. The predicted octanol–water partition coefficient (Wildman–Crippen LogP) is 6.13. The first-order chi connectivity index (χ1) is 16.0. The summed E-state index contributed by atoms with van der Waals surface area (Å²) in [6.07, 6.45) is 1.61. The zero-order chi connectivity index (χ0) is 23.2. The topological polar surface area (TPSA) is 71.8 Å². The molecule has 1 amide bonds. The molecule has 168 valence electrons. The van der Waals surface area contributed by atoms with Crippen molar-refractivity contribution in [2.45, 2.75) is 25.0 Å². The smallest absolute Gasteiger partial charge is 0.234 e. The highest BCUT2D eigenvalue weighted by molar-refractivity contribution is 7.99. The van der Waals surface area contributed by atoms with Crippen LogP contribution in [0.5, 0.6) is 0 Å². The number of nitrogens with one attached hydrogen (secondary N) is 2. The third kappa shape index (κ3) is 5.94. The second kappa shape index (κ2) is 10.6. The molecule has 6 nitrogen and oxygen atoms in total. The summed E-state index contributed by atoms with van der Waals surface area (Å²) in [5, 5.41) is 15.8. The van der Waals surface area contributed by atoms with Crippen LogP contribution in [0.1, 0.15) is 24.1 Å². The lowest BCUT2D eigenvalue weighted by Gasteiger charge is -2.16. The highest BCUT2D eigenvalue weighted by atomic mass is 35.5. The van der Waals surface area contributed by atoms with Gasteiger partial charge in [0.2, 0.25) is 5.91 Å². The van der Waals surface area contributed by atoms with Gasteiger partial charge in [-0.05, 0) is 61.4 Å². The maximum absolute atomic E-state index is 12.5. The molecular formula is C25H24ClN5OS. The van der Waals surface area contributed by atoms with Gasteiger partial charge in [-0.1, -0.05) is 59.8 Å². The fraction of sp³-hybridized carbons (Fsp3) is 0.160. The van der Waals surface area contributed by atoms with E-state index in [9.17, 15) is 4.79 Å². The number of halogens is 1. The molecule has 1 atom stereocenters. The highest BCUT2D eigenvalue weighted by Crippen LogP contribution is 2.24. The normalized spacial score (nSPS) is 11.7. The number of aryl methyl sites for hydroxylation is 1. The van der Waals surface area contributed by atoms with Gasteiger partial charge in [0, 0.05) is 22.4 Å². The van der Waals surface area contributed by atoms with Crippen molar-refractivity contribution in [1.82, 2.24) is 14.8 Å². The molecule has 0 radical (unpaired) electrons. The number of rotatable bonds is 8. The van der Waals surface area contributed by atoms with E-state index in [1.165, 1.54) is 17.3 Å². The van der Waals surface area contributed by atoms with Gasteiger partial charge in [0.05, 0.1) is 11.4 Å². The molecule has 4 rings (SSSR count). The van der Waals surface area contributed by atoms with Crippen molar-refractivity contribution in [2.75, 3.05) is 16.4 Å². The summed E-state index contributed by atoms with van der Waals surface area (Å²) in [4.78, 5) is 12.5. The molecule has 0 bridgehead atoms. The molecule has 0 saturated carbocycles. The van der Waals surface area contributed by atoms with Gasteiger partial charge in [-0.25, -0.2) is 0 Å². The summed E-state index contributed by atoms with van der Waals surface area (Å²) in [5.41, 5.74) is 4.80. The summed E-state index contributed by atoms with van der Waals surface area (Å²) >= 11 is 7.56. The fourth-order valence-corrected chi connectivity index (χ4v) is 4.19. The first-order valence-corrected chi connectivity index (χ1v) is 11.9.